The molecule has 0 saturated carbocycles. The topological polar surface area (TPSA) is 44.4 Å². The van der Waals surface area contributed by atoms with Crippen molar-refractivity contribution in [2.24, 2.45) is 0 Å². The third-order valence-corrected chi connectivity index (χ3v) is 3.45. The van der Waals surface area contributed by atoms with Crippen molar-refractivity contribution in [3.05, 3.63) is 28.7 Å². The summed E-state index contributed by atoms with van der Waals surface area (Å²) >= 11 is 3.37. The predicted molar refractivity (Wildman–Crippen MR) is 72.1 cm³/mol. The highest BCUT2D eigenvalue weighted by Gasteiger charge is 2.25. The van der Waals surface area contributed by atoms with E-state index in [1.807, 2.05) is 31.3 Å². The molecule has 2 rings (SSSR count). The number of anilines is 1. The first-order valence-electron chi connectivity index (χ1n) is 5.64. The van der Waals surface area contributed by atoms with Gasteiger partial charge in [0.2, 0.25) is 5.91 Å². The smallest absolute Gasteiger partial charge is 0.243 e. The largest absolute Gasteiger partial charge is 0.325 e. The van der Waals surface area contributed by atoms with Gasteiger partial charge in [0.05, 0.1) is 0 Å². The first-order valence-corrected chi connectivity index (χ1v) is 6.43. The molecule has 1 aliphatic rings. The number of carbonyl (C=O) groups is 1. The lowest BCUT2D eigenvalue weighted by atomic mass is 10.2. The minimum absolute atomic E-state index is 0.0435. The number of nitrogens with one attached hydrogen (secondary N) is 2. The maximum absolute atomic E-state index is 12.1. The van der Waals surface area contributed by atoms with E-state index < -0.39 is 0 Å². The van der Waals surface area contributed by atoms with E-state index in [-0.39, 0.29) is 11.9 Å². The molecule has 0 spiro atoms. The lowest BCUT2D eigenvalue weighted by Crippen LogP contribution is -2.54. The molecule has 4 nitrogen and oxygen atoms in total. The number of rotatable bonds is 2. The quantitative estimate of drug-likeness (QED) is 0.865. The Labute approximate surface area is 110 Å². The average Bonchev–Trinajstić information content (AvgIpc) is 2.32. The first kappa shape index (κ1) is 12.5. The van der Waals surface area contributed by atoms with Gasteiger partial charge in [-0.2, -0.15) is 0 Å². The van der Waals surface area contributed by atoms with Crippen LogP contribution in [0.3, 0.4) is 0 Å². The van der Waals surface area contributed by atoms with Crippen molar-refractivity contribution >= 4 is 27.5 Å². The fourth-order valence-corrected chi connectivity index (χ4v) is 2.12. The number of carbonyl (C=O) groups excluding carboxylic acids is 1. The molecule has 17 heavy (non-hydrogen) atoms. The van der Waals surface area contributed by atoms with Crippen LogP contribution in [0.5, 0.6) is 0 Å². The standard InChI is InChI=1S/C12H16BrN3O/c1-16-7-6-14-8-11(16)12(17)15-10-4-2-9(13)3-5-10/h2-5,11,14H,6-8H2,1H3,(H,15,17). The van der Waals surface area contributed by atoms with Gasteiger partial charge in [0.15, 0.2) is 0 Å². The molecular weight excluding hydrogens is 282 g/mol. The molecule has 5 heteroatoms. The van der Waals surface area contributed by atoms with Crippen LogP contribution in [0.2, 0.25) is 0 Å². The summed E-state index contributed by atoms with van der Waals surface area (Å²) in [6.45, 7) is 2.55. The second kappa shape index (κ2) is 5.62. The molecule has 0 radical (unpaired) electrons. The van der Waals surface area contributed by atoms with Crippen molar-refractivity contribution in [1.29, 1.82) is 0 Å². The van der Waals surface area contributed by atoms with Gasteiger partial charge in [-0.25, -0.2) is 0 Å². The zero-order valence-corrected chi connectivity index (χ0v) is 11.3. The summed E-state index contributed by atoms with van der Waals surface area (Å²) < 4.78 is 1.01. The fourth-order valence-electron chi connectivity index (χ4n) is 1.86. The first-order chi connectivity index (χ1) is 8.16. The molecule has 1 saturated heterocycles. The van der Waals surface area contributed by atoms with Crippen molar-refractivity contribution in [3.63, 3.8) is 0 Å². The van der Waals surface area contributed by atoms with Crippen LogP contribution in [0.25, 0.3) is 0 Å². The molecule has 1 amide bonds. The minimum atomic E-state index is -0.0904. The summed E-state index contributed by atoms with van der Waals surface area (Å²) in [5.41, 5.74) is 0.831. The van der Waals surface area contributed by atoms with Gasteiger partial charge in [-0.3, -0.25) is 9.69 Å². The molecule has 1 unspecified atom stereocenters. The lowest BCUT2D eigenvalue weighted by molar-refractivity contribution is -0.121. The van der Waals surface area contributed by atoms with E-state index in [2.05, 4.69) is 31.5 Å². The average molecular weight is 298 g/mol. The second-order valence-corrected chi connectivity index (χ2v) is 5.11. The van der Waals surface area contributed by atoms with Gasteiger partial charge < -0.3 is 10.6 Å². The molecule has 1 aromatic rings. The van der Waals surface area contributed by atoms with E-state index in [1.54, 1.807) is 0 Å². The van der Waals surface area contributed by atoms with Crippen molar-refractivity contribution in [2.45, 2.75) is 6.04 Å². The molecule has 1 heterocycles. The summed E-state index contributed by atoms with van der Waals surface area (Å²) in [6.07, 6.45) is 0. The Kier molecular flexibility index (Phi) is 4.15. The molecule has 1 aliphatic heterocycles. The normalized spacial score (nSPS) is 21.2. The molecule has 1 fully saturated rings. The highest BCUT2D eigenvalue weighted by atomic mass is 79.9. The van der Waals surface area contributed by atoms with Crippen molar-refractivity contribution in [1.82, 2.24) is 10.2 Å². The predicted octanol–water partition coefficient (Wildman–Crippen LogP) is 1.29. The number of likely N-dealkylation sites (N-methyl/N-ethyl adjacent to an activating group) is 1. The van der Waals surface area contributed by atoms with Crippen LogP contribution in [-0.2, 0) is 4.79 Å². The Balaban J connectivity index is 1.98. The van der Waals surface area contributed by atoms with E-state index in [0.717, 1.165) is 23.2 Å². The molecule has 92 valence electrons. The maximum Gasteiger partial charge on any atom is 0.243 e. The maximum atomic E-state index is 12.1. The number of hydrogen-bond donors (Lipinski definition) is 2. The third kappa shape index (κ3) is 3.28. The lowest BCUT2D eigenvalue weighted by Gasteiger charge is -2.31. The fraction of sp³-hybridized carbons (Fsp3) is 0.417. The van der Waals surface area contributed by atoms with E-state index in [0.29, 0.717) is 6.54 Å². The van der Waals surface area contributed by atoms with Gasteiger partial charge in [0, 0.05) is 29.8 Å². The Hall–Kier alpha value is -0.910. The molecule has 0 bridgehead atoms. The summed E-state index contributed by atoms with van der Waals surface area (Å²) in [5.74, 6) is 0.0435. The summed E-state index contributed by atoms with van der Waals surface area (Å²) in [4.78, 5) is 14.1. The Bertz CT molecular complexity index is 393. The number of amides is 1. The van der Waals surface area contributed by atoms with Gasteiger partial charge in [0.25, 0.3) is 0 Å². The van der Waals surface area contributed by atoms with E-state index in [1.165, 1.54) is 0 Å². The molecule has 1 aromatic carbocycles. The molecule has 1 atom stereocenters. The van der Waals surface area contributed by atoms with Gasteiger partial charge in [-0.15, -0.1) is 0 Å². The van der Waals surface area contributed by atoms with E-state index in [4.69, 9.17) is 0 Å². The zero-order chi connectivity index (χ0) is 12.3. The van der Waals surface area contributed by atoms with Gasteiger partial charge in [0.1, 0.15) is 6.04 Å². The number of hydrogen-bond acceptors (Lipinski definition) is 3. The van der Waals surface area contributed by atoms with Crippen LogP contribution < -0.4 is 10.6 Å². The Morgan fingerprint density at radius 1 is 1.47 bits per heavy atom. The summed E-state index contributed by atoms with van der Waals surface area (Å²) in [6, 6.07) is 7.51. The highest BCUT2D eigenvalue weighted by Crippen LogP contribution is 2.14. The number of piperazine rings is 1. The third-order valence-electron chi connectivity index (χ3n) is 2.93. The highest BCUT2D eigenvalue weighted by molar-refractivity contribution is 9.10. The van der Waals surface area contributed by atoms with Crippen molar-refractivity contribution < 1.29 is 4.79 Å². The number of nitrogens with zero attached hydrogens (tertiary/aromatic N) is 1. The molecule has 0 aliphatic carbocycles. The van der Waals surface area contributed by atoms with Crippen LogP contribution in [0.15, 0.2) is 28.7 Å². The van der Waals surface area contributed by atoms with E-state index >= 15 is 0 Å². The van der Waals surface area contributed by atoms with Crippen LogP contribution in [0, 0.1) is 0 Å². The van der Waals surface area contributed by atoms with Crippen LogP contribution >= 0.6 is 15.9 Å². The zero-order valence-electron chi connectivity index (χ0n) is 9.74. The SMILES string of the molecule is CN1CCNCC1C(=O)Nc1ccc(Br)cc1. The van der Waals surface area contributed by atoms with Gasteiger partial charge in [-0.1, -0.05) is 15.9 Å². The molecule has 0 aromatic heterocycles. The monoisotopic (exact) mass is 297 g/mol. The van der Waals surface area contributed by atoms with Gasteiger partial charge in [-0.05, 0) is 31.3 Å². The van der Waals surface area contributed by atoms with Crippen molar-refractivity contribution in [3.8, 4) is 0 Å². The molecular formula is C12H16BrN3O. The van der Waals surface area contributed by atoms with Crippen molar-refractivity contribution in [2.75, 3.05) is 32.0 Å². The minimum Gasteiger partial charge on any atom is -0.325 e. The number of benzene rings is 1. The Morgan fingerprint density at radius 3 is 2.82 bits per heavy atom. The number of halogens is 1. The van der Waals surface area contributed by atoms with Crippen LogP contribution in [0.1, 0.15) is 0 Å². The summed E-state index contributed by atoms with van der Waals surface area (Å²) in [7, 11) is 1.98. The second-order valence-electron chi connectivity index (χ2n) is 4.20. The van der Waals surface area contributed by atoms with Crippen LogP contribution in [0.4, 0.5) is 5.69 Å². The van der Waals surface area contributed by atoms with E-state index in [9.17, 15) is 4.79 Å². The molecule has 2 N–H and O–H groups in total. The summed E-state index contributed by atoms with van der Waals surface area (Å²) in [5, 5.41) is 6.16. The van der Waals surface area contributed by atoms with Crippen LogP contribution in [-0.4, -0.2) is 43.5 Å². The van der Waals surface area contributed by atoms with Gasteiger partial charge >= 0.3 is 0 Å². The Morgan fingerprint density at radius 2 is 2.18 bits per heavy atom.